The van der Waals surface area contributed by atoms with Crippen molar-refractivity contribution in [2.45, 2.75) is 69.9 Å². The zero-order chi connectivity index (χ0) is 21.7. The average molecular weight is 422 g/mol. The topological polar surface area (TPSA) is 54.4 Å². The second-order valence-electron chi connectivity index (χ2n) is 8.76. The Morgan fingerprint density at radius 2 is 1.43 bits per heavy atom. The molecule has 3 rings (SSSR count). The average Bonchev–Trinajstić information content (AvgIpc) is 2.73. The van der Waals surface area contributed by atoms with E-state index in [9.17, 15) is 22.8 Å². The number of hydrogen-bond donors (Lipinski definition) is 1. The molecule has 0 bridgehead atoms. The summed E-state index contributed by atoms with van der Waals surface area (Å²) in [6.45, 7) is 0. The van der Waals surface area contributed by atoms with E-state index in [1.165, 1.54) is 25.0 Å². The molecule has 6 heteroatoms. The molecule has 0 saturated heterocycles. The van der Waals surface area contributed by atoms with Crippen LogP contribution in [0.5, 0.6) is 0 Å². The number of halogens is 3. The van der Waals surface area contributed by atoms with E-state index in [1.54, 1.807) is 18.2 Å². The van der Waals surface area contributed by atoms with E-state index in [0.717, 1.165) is 50.0 Å². The first kappa shape index (κ1) is 22.6. The number of carbonyl (C=O) groups excluding carboxylic acids is 1. The van der Waals surface area contributed by atoms with Crippen molar-refractivity contribution < 1.29 is 27.9 Å². The van der Waals surface area contributed by atoms with Gasteiger partial charge in [-0.25, -0.2) is 0 Å². The van der Waals surface area contributed by atoms with Gasteiger partial charge in [0.15, 0.2) is 0 Å². The zero-order valence-electron chi connectivity index (χ0n) is 17.0. The SMILES string of the molecule is O=C(O)CC=C[C@H]1CC[C@H]([C@H]2CC[C@H](c3ccc(C(=O)C(F)(F)F)cc3)CC2)CC1. The van der Waals surface area contributed by atoms with Crippen LogP contribution in [0, 0.1) is 17.8 Å². The number of aliphatic carboxylic acids is 1. The number of hydrogen-bond acceptors (Lipinski definition) is 2. The van der Waals surface area contributed by atoms with Crippen LogP contribution < -0.4 is 0 Å². The zero-order valence-corrected chi connectivity index (χ0v) is 17.0. The quantitative estimate of drug-likeness (QED) is 0.418. The highest BCUT2D eigenvalue weighted by molar-refractivity contribution is 6.00. The van der Waals surface area contributed by atoms with Crippen LogP contribution in [0.2, 0.25) is 0 Å². The number of carboxylic acids is 1. The maximum absolute atomic E-state index is 12.6. The summed E-state index contributed by atoms with van der Waals surface area (Å²) in [7, 11) is 0. The summed E-state index contributed by atoms with van der Waals surface area (Å²) in [4.78, 5) is 21.9. The molecular formula is C24H29F3O3. The van der Waals surface area contributed by atoms with Crippen molar-refractivity contribution in [1.29, 1.82) is 0 Å². The lowest BCUT2D eigenvalue weighted by atomic mass is 9.68. The Morgan fingerprint density at radius 1 is 0.900 bits per heavy atom. The van der Waals surface area contributed by atoms with Gasteiger partial charge in [0.05, 0.1) is 6.42 Å². The molecule has 1 N–H and O–H groups in total. The second-order valence-corrected chi connectivity index (χ2v) is 8.76. The molecule has 0 aliphatic heterocycles. The van der Waals surface area contributed by atoms with E-state index in [4.69, 9.17) is 5.11 Å². The Labute approximate surface area is 175 Å². The molecule has 0 amide bonds. The van der Waals surface area contributed by atoms with E-state index in [1.807, 2.05) is 0 Å². The summed E-state index contributed by atoms with van der Waals surface area (Å²) < 4.78 is 37.7. The summed E-state index contributed by atoms with van der Waals surface area (Å²) >= 11 is 0. The summed E-state index contributed by atoms with van der Waals surface area (Å²) in [5.41, 5.74) is 0.730. The van der Waals surface area contributed by atoms with Gasteiger partial charge >= 0.3 is 12.1 Å². The van der Waals surface area contributed by atoms with Crippen LogP contribution >= 0.6 is 0 Å². The number of alkyl halides is 3. The van der Waals surface area contributed by atoms with Crippen LogP contribution in [0.4, 0.5) is 13.2 Å². The maximum Gasteiger partial charge on any atom is 0.454 e. The van der Waals surface area contributed by atoms with Crippen molar-refractivity contribution in [3.05, 3.63) is 47.5 Å². The summed E-state index contributed by atoms with van der Waals surface area (Å²) in [6, 6.07) is 5.96. The molecule has 2 aliphatic rings. The van der Waals surface area contributed by atoms with Gasteiger partial charge in [-0.1, -0.05) is 36.4 Å². The molecule has 2 fully saturated rings. The molecule has 1 aromatic rings. The maximum atomic E-state index is 12.6. The minimum absolute atomic E-state index is 0.0925. The van der Waals surface area contributed by atoms with Gasteiger partial charge in [-0.3, -0.25) is 9.59 Å². The van der Waals surface area contributed by atoms with E-state index < -0.39 is 17.9 Å². The summed E-state index contributed by atoms with van der Waals surface area (Å²) in [6.07, 6.45) is 8.06. The third-order valence-corrected chi connectivity index (χ3v) is 6.86. The fourth-order valence-electron chi connectivity index (χ4n) is 5.16. The van der Waals surface area contributed by atoms with Crippen LogP contribution in [0.15, 0.2) is 36.4 Å². The summed E-state index contributed by atoms with van der Waals surface area (Å²) in [5.74, 6) is -0.302. The predicted molar refractivity (Wildman–Crippen MR) is 108 cm³/mol. The molecule has 164 valence electrons. The Balaban J connectivity index is 1.46. The van der Waals surface area contributed by atoms with Crippen molar-refractivity contribution in [2.24, 2.45) is 17.8 Å². The Hall–Kier alpha value is -2.11. The number of carboxylic acid groups (broad SMARTS) is 1. The molecule has 0 radical (unpaired) electrons. The highest BCUT2D eigenvalue weighted by Gasteiger charge is 2.39. The van der Waals surface area contributed by atoms with E-state index in [2.05, 4.69) is 6.08 Å². The van der Waals surface area contributed by atoms with Crippen molar-refractivity contribution in [1.82, 2.24) is 0 Å². The standard InChI is InChI=1S/C24H29F3O3/c25-24(26,27)23(30)21-14-12-20(13-15-21)19-10-8-18(9-11-19)17-6-4-16(5-7-17)2-1-3-22(28)29/h1-2,12-19H,3-11H2,(H,28,29)/t16-,17-,18-,19-. The molecule has 0 heterocycles. The first-order valence-corrected chi connectivity index (χ1v) is 10.8. The van der Waals surface area contributed by atoms with Crippen molar-refractivity contribution in [3.8, 4) is 0 Å². The van der Waals surface area contributed by atoms with Gasteiger partial charge in [0.2, 0.25) is 0 Å². The third kappa shape index (κ3) is 5.96. The number of ketones is 1. The lowest BCUT2D eigenvalue weighted by molar-refractivity contribution is -0.136. The van der Waals surface area contributed by atoms with Crippen LogP contribution in [-0.2, 0) is 4.79 Å². The fourth-order valence-corrected chi connectivity index (χ4v) is 5.16. The van der Waals surface area contributed by atoms with Gasteiger partial charge in [0.25, 0.3) is 5.78 Å². The highest BCUT2D eigenvalue weighted by Crippen LogP contribution is 2.44. The lowest BCUT2D eigenvalue weighted by Crippen LogP contribution is -2.25. The normalized spacial score (nSPS) is 27.8. The predicted octanol–water partition coefficient (Wildman–Crippen LogP) is 6.54. The smallest absolute Gasteiger partial charge is 0.454 e. The van der Waals surface area contributed by atoms with Crippen molar-refractivity contribution >= 4 is 11.8 Å². The molecule has 0 atom stereocenters. The monoisotopic (exact) mass is 422 g/mol. The minimum atomic E-state index is -4.83. The molecular weight excluding hydrogens is 393 g/mol. The number of carbonyl (C=O) groups is 2. The van der Waals surface area contributed by atoms with Crippen LogP contribution in [0.25, 0.3) is 0 Å². The van der Waals surface area contributed by atoms with Gasteiger partial charge in [-0.15, -0.1) is 0 Å². The number of allylic oxidation sites excluding steroid dienone is 1. The first-order chi connectivity index (χ1) is 14.2. The number of rotatable bonds is 6. The largest absolute Gasteiger partial charge is 0.481 e. The summed E-state index contributed by atoms with van der Waals surface area (Å²) in [5, 5.41) is 8.72. The van der Waals surface area contributed by atoms with E-state index >= 15 is 0 Å². The van der Waals surface area contributed by atoms with E-state index in [-0.39, 0.29) is 12.0 Å². The van der Waals surface area contributed by atoms with Gasteiger partial charge in [-0.2, -0.15) is 13.2 Å². The fraction of sp³-hybridized carbons (Fsp3) is 0.583. The van der Waals surface area contributed by atoms with Crippen LogP contribution in [0.3, 0.4) is 0 Å². The van der Waals surface area contributed by atoms with Crippen molar-refractivity contribution in [3.63, 3.8) is 0 Å². The second kappa shape index (κ2) is 9.80. The highest BCUT2D eigenvalue weighted by atomic mass is 19.4. The number of benzene rings is 1. The number of Topliss-reactive ketones (excluding diaryl/α,β-unsaturated/α-hetero) is 1. The van der Waals surface area contributed by atoms with Gasteiger partial charge in [0, 0.05) is 5.56 Å². The first-order valence-electron chi connectivity index (χ1n) is 10.8. The molecule has 3 nitrogen and oxygen atoms in total. The van der Waals surface area contributed by atoms with Gasteiger partial charge in [0.1, 0.15) is 0 Å². The minimum Gasteiger partial charge on any atom is -0.481 e. The Morgan fingerprint density at radius 3 is 1.93 bits per heavy atom. The van der Waals surface area contributed by atoms with Gasteiger partial charge < -0.3 is 5.11 Å². The third-order valence-electron chi connectivity index (χ3n) is 6.86. The molecule has 2 saturated carbocycles. The molecule has 30 heavy (non-hydrogen) atoms. The molecule has 0 unspecified atom stereocenters. The van der Waals surface area contributed by atoms with Crippen molar-refractivity contribution in [2.75, 3.05) is 0 Å². The molecule has 0 aromatic heterocycles. The van der Waals surface area contributed by atoms with Crippen LogP contribution in [-0.4, -0.2) is 23.0 Å². The Kier molecular flexibility index (Phi) is 7.37. The Bertz CT molecular complexity index is 751. The van der Waals surface area contributed by atoms with Crippen LogP contribution in [0.1, 0.15) is 79.6 Å². The van der Waals surface area contributed by atoms with E-state index in [0.29, 0.717) is 17.8 Å². The molecule has 2 aliphatic carbocycles. The molecule has 1 aromatic carbocycles. The lowest BCUT2D eigenvalue weighted by Gasteiger charge is -2.37. The van der Waals surface area contributed by atoms with Gasteiger partial charge in [-0.05, 0) is 80.6 Å². The molecule has 0 spiro atoms.